The molecule has 9 aromatic rings. The molecular weight excluding hydrogens is 589 g/mol. The molecule has 0 aliphatic heterocycles. The molecule has 220 valence electrons. The molecule has 0 fully saturated rings. The van der Waals surface area contributed by atoms with E-state index >= 15 is 0 Å². The van der Waals surface area contributed by atoms with Gasteiger partial charge in [-0.2, -0.15) is 0 Å². The van der Waals surface area contributed by atoms with E-state index in [2.05, 4.69) is 152 Å². The molecule has 9 rings (SSSR count). The Hall–Kier alpha value is -5.90. The first kappa shape index (κ1) is 27.4. The second kappa shape index (κ2) is 11.5. The van der Waals surface area contributed by atoms with E-state index in [1.165, 1.54) is 42.1 Å². The van der Waals surface area contributed by atoms with E-state index in [0.29, 0.717) is 5.82 Å². The highest BCUT2D eigenvalue weighted by Gasteiger charge is 2.15. The number of benzene rings is 7. The van der Waals surface area contributed by atoms with Crippen LogP contribution in [0.1, 0.15) is 0 Å². The molecule has 0 saturated carbocycles. The fourth-order valence-electron chi connectivity index (χ4n) is 6.54. The molecule has 2 nitrogen and oxygen atoms in total. The summed E-state index contributed by atoms with van der Waals surface area (Å²) in [7, 11) is 0. The molecule has 3 heteroatoms. The number of nitrogens with zero attached hydrogens (tertiary/aromatic N) is 2. The van der Waals surface area contributed by atoms with E-state index in [-0.39, 0.29) is 0 Å². The van der Waals surface area contributed by atoms with Crippen LogP contribution in [0.4, 0.5) is 0 Å². The Morgan fingerprint density at radius 3 is 1.79 bits per heavy atom. The Bertz CT molecular complexity index is 2560. The second-order valence-corrected chi connectivity index (χ2v) is 12.9. The van der Waals surface area contributed by atoms with Crippen molar-refractivity contribution in [2.75, 3.05) is 0 Å². The SMILES string of the molecule is c1ccc(-c2cc(-c3ccc4c(c3)sc3ccccc34)cc(-c3cc(-c4cccc5ccccc45)nc(-c4ccccc4)n3)c2)cc1. The summed E-state index contributed by atoms with van der Waals surface area (Å²) in [4.78, 5) is 10.4. The van der Waals surface area contributed by atoms with Gasteiger partial charge in [0.1, 0.15) is 0 Å². The second-order valence-electron chi connectivity index (χ2n) is 11.8. The first-order chi connectivity index (χ1) is 23.3. The van der Waals surface area contributed by atoms with Crippen molar-refractivity contribution in [2.45, 2.75) is 0 Å². The van der Waals surface area contributed by atoms with Crippen molar-refractivity contribution in [3.05, 3.63) is 170 Å². The lowest BCUT2D eigenvalue weighted by atomic mass is 9.94. The molecule has 0 radical (unpaired) electrons. The van der Waals surface area contributed by atoms with Crippen molar-refractivity contribution in [3.63, 3.8) is 0 Å². The summed E-state index contributed by atoms with van der Waals surface area (Å²) in [6, 6.07) is 60.4. The third-order valence-electron chi connectivity index (χ3n) is 8.87. The Kier molecular flexibility index (Phi) is 6.69. The highest BCUT2D eigenvalue weighted by molar-refractivity contribution is 7.25. The molecule has 2 heterocycles. The predicted octanol–water partition coefficient (Wildman–Crippen LogP) is 12.3. The number of aromatic nitrogens is 2. The maximum Gasteiger partial charge on any atom is 0.160 e. The van der Waals surface area contributed by atoms with E-state index < -0.39 is 0 Å². The fraction of sp³-hybridized carbons (Fsp3) is 0. The zero-order valence-corrected chi connectivity index (χ0v) is 26.3. The van der Waals surface area contributed by atoms with E-state index in [1.54, 1.807) is 0 Å². The molecule has 0 spiro atoms. The van der Waals surface area contributed by atoms with Gasteiger partial charge >= 0.3 is 0 Å². The number of hydrogen-bond donors (Lipinski definition) is 0. The number of thiophene rings is 1. The van der Waals surface area contributed by atoms with Crippen LogP contribution < -0.4 is 0 Å². The lowest BCUT2D eigenvalue weighted by molar-refractivity contribution is 1.18. The normalized spacial score (nSPS) is 11.4. The topological polar surface area (TPSA) is 25.8 Å². The molecule has 0 aliphatic carbocycles. The Morgan fingerprint density at radius 2 is 0.957 bits per heavy atom. The summed E-state index contributed by atoms with van der Waals surface area (Å²) in [5.74, 6) is 0.712. The van der Waals surface area contributed by atoms with Gasteiger partial charge in [0.25, 0.3) is 0 Å². The quantitative estimate of drug-likeness (QED) is 0.192. The molecule has 0 atom stereocenters. The third-order valence-corrected chi connectivity index (χ3v) is 10.0. The average molecular weight is 617 g/mol. The highest BCUT2D eigenvalue weighted by Crippen LogP contribution is 2.39. The van der Waals surface area contributed by atoms with Gasteiger partial charge in [0, 0.05) is 36.9 Å². The molecule has 0 N–H and O–H groups in total. The smallest absolute Gasteiger partial charge is 0.160 e. The van der Waals surface area contributed by atoms with Gasteiger partial charge < -0.3 is 0 Å². The van der Waals surface area contributed by atoms with Crippen LogP contribution in [0.25, 0.3) is 87.1 Å². The van der Waals surface area contributed by atoms with Crippen molar-refractivity contribution < 1.29 is 0 Å². The minimum absolute atomic E-state index is 0.712. The van der Waals surface area contributed by atoms with Gasteiger partial charge in [0.15, 0.2) is 5.82 Å². The van der Waals surface area contributed by atoms with Crippen molar-refractivity contribution in [1.29, 1.82) is 0 Å². The van der Waals surface area contributed by atoms with Crippen LogP contribution in [-0.2, 0) is 0 Å². The van der Waals surface area contributed by atoms with Crippen LogP contribution in [0.5, 0.6) is 0 Å². The van der Waals surface area contributed by atoms with Gasteiger partial charge in [0.05, 0.1) is 11.4 Å². The number of rotatable bonds is 5. The van der Waals surface area contributed by atoms with Crippen molar-refractivity contribution in [3.8, 4) is 56.2 Å². The van der Waals surface area contributed by atoms with Crippen molar-refractivity contribution in [1.82, 2.24) is 9.97 Å². The first-order valence-electron chi connectivity index (χ1n) is 15.8. The maximum absolute atomic E-state index is 5.22. The van der Waals surface area contributed by atoms with Gasteiger partial charge in [-0.05, 0) is 69.4 Å². The summed E-state index contributed by atoms with van der Waals surface area (Å²) in [6.07, 6.45) is 0. The summed E-state index contributed by atoms with van der Waals surface area (Å²) in [5.41, 5.74) is 9.61. The molecular formula is C44H28N2S. The molecule has 0 aliphatic rings. The minimum atomic E-state index is 0.712. The maximum atomic E-state index is 5.22. The average Bonchev–Trinajstić information content (AvgIpc) is 3.53. The monoisotopic (exact) mass is 616 g/mol. The molecule has 47 heavy (non-hydrogen) atoms. The lowest BCUT2D eigenvalue weighted by Crippen LogP contribution is -1.97. The van der Waals surface area contributed by atoms with Crippen LogP contribution in [-0.4, -0.2) is 9.97 Å². The Labute approximate surface area is 277 Å². The summed E-state index contributed by atoms with van der Waals surface area (Å²) < 4.78 is 2.61. The van der Waals surface area contributed by atoms with E-state index in [4.69, 9.17) is 9.97 Å². The van der Waals surface area contributed by atoms with Crippen LogP contribution >= 0.6 is 11.3 Å². The Balaban J connectivity index is 1.27. The first-order valence-corrected chi connectivity index (χ1v) is 16.6. The zero-order valence-electron chi connectivity index (χ0n) is 25.5. The van der Waals surface area contributed by atoms with E-state index in [0.717, 1.165) is 39.2 Å². The standard InChI is InChI=1S/C44H28N2S/c1-3-12-29(13-4-1)33-24-34(32-22-23-39-38-19-9-10-21-42(38)47-43(39)27-32)26-35(25-33)40-28-41(46-44(45-40)31-15-5-2-6-16-31)37-20-11-17-30-14-7-8-18-36(30)37/h1-28H. The largest absolute Gasteiger partial charge is 0.228 e. The summed E-state index contributed by atoms with van der Waals surface area (Å²) >= 11 is 1.85. The van der Waals surface area contributed by atoms with E-state index in [9.17, 15) is 0 Å². The van der Waals surface area contributed by atoms with Crippen LogP contribution in [0, 0.1) is 0 Å². The van der Waals surface area contributed by atoms with E-state index in [1.807, 2.05) is 29.5 Å². The third kappa shape index (κ3) is 5.07. The van der Waals surface area contributed by atoms with Gasteiger partial charge in [-0.3, -0.25) is 0 Å². The molecule has 0 saturated heterocycles. The molecule has 7 aromatic carbocycles. The van der Waals surface area contributed by atoms with Gasteiger partial charge in [-0.15, -0.1) is 11.3 Å². The molecule has 2 aromatic heterocycles. The van der Waals surface area contributed by atoms with Crippen molar-refractivity contribution >= 4 is 42.3 Å². The predicted molar refractivity (Wildman–Crippen MR) is 200 cm³/mol. The fourth-order valence-corrected chi connectivity index (χ4v) is 7.69. The minimum Gasteiger partial charge on any atom is -0.228 e. The molecule has 0 amide bonds. The number of hydrogen-bond acceptors (Lipinski definition) is 3. The van der Waals surface area contributed by atoms with Crippen LogP contribution in [0.3, 0.4) is 0 Å². The van der Waals surface area contributed by atoms with Crippen molar-refractivity contribution in [2.24, 2.45) is 0 Å². The highest BCUT2D eigenvalue weighted by atomic mass is 32.1. The summed E-state index contributed by atoms with van der Waals surface area (Å²) in [5, 5.41) is 4.98. The zero-order chi connectivity index (χ0) is 31.2. The van der Waals surface area contributed by atoms with Gasteiger partial charge in [-0.1, -0.05) is 133 Å². The van der Waals surface area contributed by atoms with Gasteiger partial charge in [-0.25, -0.2) is 9.97 Å². The summed E-state index contributed by atoms with van der Waals surface area (Å²) in [6.45, 7) is 0. The molecule has 0 bridgehead atoms. The van der Waals surface area contributed by atoms with Crippen LogP contribution in [0.15, 0.2) is 170 Å². The number of fused-ring (bicyclic) bond motifs is 4. The molecule has 0 unspecified atom stereocenters. The van der Waals surface area contributed by atoms with Crippen LogP contribution in [0.2, 0.25) is 0 Å². The Morgan fingerprint density at radius 1 is 0.340 bits per heavy atom. The van der Waals surface area contributed by atoms with Gasteiger partial charge in [0.2, 0.25) is 0 Å². The lowest BCUT2D eigenvalue weighted by Gasteiger charge is -2.14.